The van der Waals surface area contributed by atoms with Gasteiger partial charge in [-0.05, 0) is 30.0 Å². The second-order valence-corrected chi connectivity index (χ2v) is 6.49. The number of nitrogens with one attached hydrogen (secondary N) is 1. The average molecular weight is 316 g/mol. The summed E-state index contributed by atoms with van der Waals surface area (Å²) in [4.78, 5) is 11.6. The lowest BCUT2D eigenvalue weighted by Gasteiger charge is -2.17. The highest BCUT2D eigenvalue weighted by Gasteiger charge is 2.13. The monoisotopic (exact) mass is 315 g/mol. The molecule has 0 aromatic heterocycles. The highest BCUT2D eigenvalue weighted by atomic mass is 79.9. The molecule has 2 nitrogen and oxygen atoms in total. The topological polar surface area (TPSA) is 29.1 Å². The molecule has 18 heavy (non-hydrogen) atoms. The summed E-state index contributed by atoms with van der Waals surface area (Å²) in [6.45, 7) is 6.50. The Morgan fingerprint density at radius 1 is 1.39 bits per heavy atom. The molecule has 1 rings (SSSR count). The molecule has 0 bridgehead atoms. The zero-order valence-corrected chi connectivity index (χ0v) is 12.6. The van der Waals surface area contributed by atoms with Gasteiger partial charge < -0.3 is 5.32 Å². The van der Waals surface area contributed by atoms with Crippen LogP contribution in [0.2, 0.25) is 0 Å². The Bertz CT molecular complexity index is 426. The fraction of sp³-hybridized carbons (Fsp3) is 0.500. The molecule has 0 aliphatic rings. The van der Waals surface area contributed by atoms with E-state index in [4.69, 9.17) is 0 Å². The van der Waals surface area contributed by atoms with Crippen LogP contribution in [0.1, 0.15) is 39.2 Å². The highest BCUT2D eigenvalue weighted by molar-refractivity contribution is 9.10. The van der Waals surface area contributed by atoms with Crippen molar-refractivity contribution in [2.75, 3.05) is 0 Å². The molecule has 1 amide bonds. The summed E-state index contributed by atoms with van der Waals surface area (Å²) in [5.74, 6) is -0.335. The molecular weight excluding hydrogens is 297 g/mol. The Kier molecular flexibility index (Phi) is 5.32. The Labute approximate surface area is 116 Å². The average Bonchev–Trinajstić information content (AvgIpc) is 2.26. The van der Waals surface area contributed by atoms with Crippen LogP contribution < -0.4 is 5.32 Å². The lowest BCUT2D eigenvalue weighted by atomic mass is 9.90. The number of amides is 1. The predicted octanol–water partition coefficient (Wildman–Crippen LogP) is 4.03. The van der Waals surface area contributed by atoms with Crippen molar-refractivity contribution < 1.29 is 9.18 Å². The third kappa shape index (κ3) is 5.63. The minimum absolute atomic E-state index is 0.0377. The molecule has 0 aliphatic carbocycles. The molecule has 0 unspecified atom stereocenters. The maximum absolute atomic E-state index is 13.4. The second kappa shape index (κ2) is 6.32. The minimum atomic E-state index is -0.297. The minimum Gasteiger partial charge on any atom is -0.352 e. The van der Waals surface area contributed by atoms with Crippen molar-refractivity contribution in [1.29, 1.82) is 0 Å². The molecule has 0 spiro atoms. The van der Waals surface area contributed by atoms with Crippen LogP contribution in [0.4, 0.5) is 4.39 Å². The van der Waals surface area contributed by atoms with Gasteiger partial charge >= 0.3 is 0 Å². The molecule has 0 aliphatic heterocycles. The smallest absolute Gasteiger partial charge is 0.220 e. The Hall–Kier alpha value is -0.900. The maximum atomic E-state index is 13.4. The van der Waals surface area contributed by atoms with Crippen molar-refractivity contribution >= 4 is 21.8 Å². The van der Waals surface area contributed by atoms with E-state index in [-0.39, 0.29) is 23.7 Å². The van der Waals surface area contributed by atoms with Gasteiger partial charge in [0.15, 0.2) is 0 Å². The Morgan fingerprint density at radius 3 is 2.67 bits per heavy atom. The van der Waals surface area contributed by atoms with Crippen LogP contribution in [0.15, 0.2) is 22.7 Å². The number of carbonyl (C=O) groups is 1. The van der Waals surface area contributed by atoms with Crippen molar-refractivity contribution in [2.45, 2.75) is 40.2 Å². The quantitative estimate of drug-likeness (QED) is 0.893. The molecule has 1 aromatic rings. The summed E-state index contributed by atoms with van der Waals surface area (Å²) in [6.07, 6.45) is 1.29. The molecular formula is C14H19BrFNO. The van der Waals surface area contributed by atoms with E-state index in [1.54, 1.807) is 12.1 Å². The largest absolute Gasteiger partial charge is 0.352 e. The molecule has 0 radical (unpaired) electrons. The van der Waals surface area contributed by atoms with Gasteiger partial charge in [-0.2, -0.15) is 0 Å². The van der Waals surface area contributed by atoms with E-state index in [9.17, 15) is 9.18 Å². The van der Waals surface area contributed by atoms with Crippen LogP contribution in [-0.2, 0) is 11.3 Å². The number of halogens is 2. The van der Waals surface area contributed by atoms with Crippen LogP contribution in [-0.4, -0.2) is 5.91 Å². The standard InChI is InChI=1S/C14H19BrFNO/c1-14(2,3)7-6-13(18)17-9-10-8-11(15)4-5-12(10)16/h4-5,8H,6-7,9H2,1-3H3,(H,17,18). The van der Waals surface area contributed by atoms with Gasteiger partial charge in [0, 0.05) is 23.0 Å². The molecule has 4 heteroatoms. The van der Waals surface area contributed by atoms with Gasteiger partial charge in [-0.25, -0.2) is 4.39 Å². The van der Waals surface area contributed by atoms with Crippen LogP contribution in [0.5, 0.6) is 0 Å². The molecule has 0 fully saturated rings. The fourth-order valence-electron chi connectivity index (χ4n) is 1.45. The van der Waals surface area contributed by atoms with Crippen LogP contribution in [0.3, 0.4) is 0 Å². The van der Waals surface area contributed by atoms with E-state index in [0.29, 0.717) is 12.0 Å². The van der Waals surface area contributed by atoms with Gasteiger partial charge in [0.1, 0.15) is 5.82 Å². The van der Waals surface area contributed by atoms with E-state index < -0.39 is 0 Å². The van der Waals surface area contributed by atoms with E-state index in [1.165, 1.54) is 6.07 Å². The lowest BCUT2D eigenvalue weighted by molar-refractivity contribution is -0.121. The first-order valence-corrected chi connectivity index (χ1v) is 6.78. The third-order valence-electron chi connectivity index (χ3n) is 2.59. The van der Waals surface area contributed by atoms with Crippen LogP contribution in [0, 0.1) is 11.2 Å². The Morgan fingerprint density at radius 2 is 2.06 bits per heavy atom. The number of hydrogen-bond donors (Lipinski definition) is 1. The number of rotatable bonds is 4. The normalized spacial score (nSPS) is 11.4. The summed E-state index contributed by atoms with van der Waals surface area (Å²) >= 11 is 3.28. The second-order valence-electron chi connectivity index (χ2n) is 5.57. The maximum Gasteiger partial charge on any atom is 0.220 e. The van der Waals surface area contributed by atoms with Gasteiger partial charge in [-0.3, -0.25) is 4.79 Å². The van der Waals surface area contributed by atoms with Crippen molar-refractivity contribution in [2.24, 2.45) is 5.41 Å². The lowest BCUT2D eigenvalue weighted by Crippen LogP contribution is -2.24. The first-order chi connectivity index (χ1) is 8.28. The van der Waals surface area contributed by atoms with E-state index in [2.05, 4.69) is 42.0 Å². The molecule has 0 saturated carbocycles. The first kappa shape index (κ1) is 15.2. The molecule has 1 N–H and O–H groups in total. The zero-order valence-electron chi connectivity index (χ0n) is 11.0. The first-order valence-electron chi connectivity index (χ1n) is 5.98. The van der Waals surface area contributed by atoms with Crippen molar-refractivity contribution in [3.8, 4) is 0 Å². The van der Waals surface area contributed by atoms with Gasteiger partial charge in [0.25, 0.3) is 0 Å². The van der Waals surface area contributed by atoms with Gasteiger partial charge in [-0.1, -0.05) is 36.7 Å². The Balaban J connectivity index is 2.45. The molecule has 0 saturated heterocycles. The fourth-order valence-corrected chi connectivity index (χ4v) is 1.86. The third-order valence-corrected chi connectivity index (χ3v) is 3.08. The molecule has 1 aromatic carbocycles. The summed E-state index contributed by atoms with van der Waals surface area (Å²) in [5.41, 5.74) is 0.631. The van der Waals surface area contributed by atoms with Crippen molar-refractivity contribution in [3.63, 3.8) is 0 Å². The molecule has 0 heterocycles. The molecule has 100 valence electrons. The van der Waals surface area contributed by atoms with E-state index >= 15 is 0 Å². The summed E-state index contributed by atoms with van der Waals surface area (Å²) < 4.78 is 14.2. The summed E-state index contributed by atoms with van der Waals surface area (Å²) in [6, 6.07) is 4.71. The summed E-state index contributed by atoms with van der Waals surface area (Å²) in [7, 11) is 0. The summed E-state index contributed by atoms with van der Waals surface area (Å²) in [5, 5.41) is 2.74. The van der Waals surface area contributed by atoms with Crippen LogP contribution >= 0.6 is 15.9 Å². The number of hydrogen-bond acceptors (Lipinski definition) is 1. The number of carbonyl (C=O) groups excluding carboxylic acids is 1. The van der Waals surface area contributed by atoms with E-state index in [1.807, 2.05) is 0 Å². The zero-order chi connectivity index (χ0) is 13.8. The van der Waals surface area contributed by atoms with Gasteiger partial charge in [0.05, 0.1) is 0 Å². The molecule has 0 atom stereocenters. The van der Waals surface area contributed by atoms with Crippen molar-refractivity contribution in [1.82, 2.24) is 5.32 Å². The van der Waals surface area contributed by atoms with Crippen molar-refractivity contribution in [3.05, 3.63) is 34.1 Å². The van der Waals surface area contributed by atoms with Gasteiger partial charge in [-0.15, -0.1) is 0 Å². The van der Waals surface area contributed by atoms with Crippen LogP contribution in [0.25, 0.3) is 0 Å². The van der Waals surface area contributed by atoms with E-state index in [0.717, 1.165) is 10.9 Å². The predicted molar refractivity (Wildman–Crippen MR) is 74.6 cm³/mol. The number of benzene rings is 1. The highest BCUT2D eigenvalue weighted by Crippen LogP contribution is 2.20. The van der Waals surface area contributed by atoms with Gasteiger partial charge in [0.2, 0.25) is 5.91 Å². The SMILES string of the molecule is CC(C)(C)CCC(=O)NCc1cc(Br)ccc1F.